The van der Waals surface area contributed by atoms with Crippen LogP contribution in [0.3, 0.4) is 0 Å². The van der Waals surface area contributed by atoms with Crippen molar-refractivity contribution < 1.29 is 19.4 Å². The van der Waals surface area contributed by atoms with Crippen LogP contribution < -0.4 is 14.9 Å². The fraction of sp³-hybridized carbons (Fsp3) is 0.0588. The van der Waals surface area contributed by atoms with Gasteiger partial charge in [0.1, 0.15) is 17.9 Å². The Morgan fingerprint density at radius 2 is 1.84 bits per heavy atom. The van der Waals surface area contributed by atoms with Crippen LogP contribution in [0.15, 0.2) is 47.6 Å². The first-order chi connectivity index (χ1) is 12.1. The molecular formula is C17H12N4O4. The second-order valence-electron chi connectivity index (χ2n) is 4.56. The number of carbonyl (C=O) groups is 1. The van der Waals surface area contributed by atoms with E-state index in [0.29, 0.717) is 11.5 Å². The number of nitrogens with zero attached hydrogens (tertiary/aromatic N) is 3. The Kier molecular flexibility index (Phi) is 5.54. The van der Waals surface area contributed by atoms with Crippen LogP contribution in [0.2, 0.25) is 0 Å². The number of hydrogen-bond donors (Lipinski definition) is 2. The number of nitriles is 2. The molecule has 0 radical (unpaired) electrons. The van der Waals surface area contributed by atoms with Crippen LogP contribution in [0, 0.1) is 22.7 Å². The Morgan fingerprint density at radius 1 is 1.16 bits per heavy atom. The van der Waals surface area contributed by atoms with E-state index >= 15 is 0 Å². The summed E-state index contributed by atoms with van der Waals surface area (Å²) in [6.45, 7) is 0. The molecule has 0 aliphatic rings. The van der Waals surface area contributed by atoms with Crippen LogP contribution in [0.25, 0.3) is 0 Å². The van der Waals surface area contributed by atoms with Gasteiger partial charge in [-0.05, 0) is 30.3 Å². The maximum atomic E-state index is 11.4. The number of rotatable bonds is 6. The molecule has 0 amide bonds. The molecule has 25 heavy (non-hydrogen) atoms. The largest absolute Gasteiger partial charge is 0.493 e. The van der Waals surface area contributed by atoms with Crippen molar-refractivity contribution >= 4 is 17.4 Å². The summed E-state index contributed by atoms with van der Waals surface area (Å²) in [6.07, 6.45) is 0. The van der Waals surface area contributed by atoms with Crippen molar-refractivity contribution in [1.82, 2.24) is 0 Å². The van der Waals surface area contributed by atoms with Gasteiger partial charge in [0.25, 0.3) is 0 Å². The van der Waals surface area contributed by atoms with Crippen LogP contribution in [0.1, 0.15) is 10.4 Å². The minimum Gasteiger partial charge on any atom is -0.493 e. The third kappa shape index (κ3) is 4.24. The zero-order chi connectivity index (χ0) is 18.2. The van der Waals surface area contributed by atoms with Gasteiger partial charge in [0.15, 0.2) is 11.5 Å². The van der Waals surface area contributed by atoms with E-state index < -0.39 is 11.7 Å². The summed E-state index contributed by atoms with van der Waals surface area (Å²) in [5.41, 5.74) is 1.95. The number of carboxylic acids is 1. The van der Waals surface area contributed by atoms with Crippen LogP contribution >= 0.6 is 0 Å². The van der Waals surface area contributed by atoms with Crippen molar-refractivity contribution in [3.63, 3.8) is 0 Å². The van der Waals surface area contributed by atoms with Crippen molar-refractivity contribution in [2.24, 2.45) is 5.10 Å². The highest BCUT2D eigenvalue weighted by atomic mass is 16.5. The molecule has 0 aromatic heterocycles. The topological polar surface area (TPSA) is 128 Å². The van der Waals surface area contributed by atoms with Gasteiger partial charge in [0.2, 0.25) is 5.71 Å². The maximum absolute atomic E-state index is 11.4. The van der Waals surface area contributed by atoms with E-state index in [9.17, 15) is 9.90 Å². The van der Waals surface area contributed by atoms with E-state index in [1.807, 2.05) is 0 Å². The van der Waals surface area contributed by atoms with Gasteiger partial charge in [-0.3, -0.25) is 5.43 Å². The van der Waals surface area contributed by atoms with Crippen molar-refractivity contribution in [2.45, 2.75) is 0 Å². The van der Waals surface area contributed by atoms with Gasteiger partial charge in [0.05, 0.1) is 18.4 Å². The fourth-order valence-electron chi connectivity index (χ4n) is 1.88. The van der Waals surface area contributed by atoms with Crippen LogP contribution in [0.5, 0.6) is 17.2 Å². The maximum Gasteiger partial charge on any atom is 0.338 e. The summed E-state index contributed by atoms with van der Waals surface area (Å²) in [5.74, 6) is -0.0222. The highest BCUT2D eigenvalue weighted by Crippen LogP contribution is 2.32. The summed E-state index contributed by atoms with van der Waals surface area (Å²) >= 11 is 0. The van der Waals surface area contributed by atoms with Crippen LogP contribution in [0.4, 0.5) is 5.69 Å². The van der Waals surface area contributed by atoms with Gasteiger partial charge in [-0.2, -0.15) is 15.6 Å². The van der Waals surface area contributed by atoms with E-state index in [4.69, 9.17) is 20.0 Å². The molecule has 0 atom stereocenters. The summed E-state index contributed by atoms with van der Waals surface area (Å²) in [6, 6.07) is 14.3. The van der Waals surface area contributed by atoms with Gasteiger partial charge in [-0.25, -0.2) is 4.79 Å². The molecule has 0 spiro atoms. The van der Waals surface area contributed by atoms with E-state index in [2.05, 4.69) is 10.5 Å². The number of carboxylic acid groups (broad SMARTS) is 1. The van der Waals surface area contributed by atoms with E-state index in [1.54, 1.807) is 36.4 Å². The normalized spacial score (nSPS) is 9.24. The Bertz CT molecular complexity index is 894. The average Bonchev–Trinajstić information content (AvgIpc) is 2.63. The van der Waals surface area contributed by atoms with Crippen molar-refractivity contribution in [3.05, 3.63) is 48.0 Å². The molecule has 8 nitrogen and oxygen atoms in total. The van der Waals surface area contributed by atoms with Crippen molar-refractivity contribution in [1.29, 1.82) is 10.5 Å². The molecule has 0 fully saturated rings. The lowest BCUT2D eigenvalue weighted by Gasteiger charge is -2.12. The van der Waals surface area contributed by atoms with Gasteiger partial charge in [-0.15, -0.1) is 0 Å². The Balaban J connectivity index is 2.33. The lowest BCUT2D eigenvalue weighted by Crippen LogP contribution is -2.04. The average molecular weight is 336 g/mol. The summed E-state index contributed by atoms with van der Waals surface area (Å²) in [5, 5.41) is 30.2. The highest BCUT2D eigenvalue weighted by Gasteiger charge is 2.13. The Labute approximate surface area is 143 Å². The molecule has 0 unspecified atom stereocenters. The number of ether oxygens (including phenoxy) is 2. The predicted molar refractivity (Wildman–Crippen MR) is 88.8 cm³/mol. The van der Waals surface area contributed by atoms with E-state index in [0.717, 1.165) is 0 Å². The SMILES string of the molecule is COc1ccccc1Oc1ccc(NN=C(C#N)C#N)c(C(=O)O)c1. The smallest absolute Gasteiger partial charge is 0.338 e. The standard InChI is InChI=1S/C17H12N4O4/c1-24-15-4-2-3-5-16(15)25-12-6-7-14(13(8-12)17(22)23)21-20-11(9-18)10-19/h2-8,21H,1H3,(H,22,23). The molecule has 124 valence electrons. The number of hydrogen-bond acceptors (Lipinski definition) is 7. The molecule has 0 bridgehead atoms. The second-order valence-corrected chi connectivity index (χ2v) is 4.56. The minimum atomic E-state index is -1.22. The molecule has 2 N–H and O–H groups in total. The number of nitrogens with one attached hydrogen (secondary N) is 1. The lowest BCUT2D eigenvalue weighted by molar-refractivity contribution is 0.0697. The monoisotopic (exact) mass is 336 g/mol. The number of aromatic carboxylic acids is 1. The van der Waals surface area contributed by atoms with Crippen molar-refractivity contribution in [2.75, 3.05) is 12.5 Å². The molecule has 0 saturated carbocycles. The first-order valence-corrected chi connectivity index (χ1v) is 6.91. The van der Waals surface area contributed by atoms with E-state index in [1.165, 1.54) is 25.3 Å². The van der Waals surface area contributed by atoms with Crippen molar-refractivity contribution in [3.8, 4) is 29.4 Å². The molecule has 0 aliphatic heterocycles. The quantitative estimate of drug-likeness (QED) is 0.613. The number of para-hydroxylation sites is 2. The van der Waals surface area contributed by atoms with E-state index in [-0.39, 0.29) is 17.0 Å². The van der Waals surface area contributed by atoms with Gasteiger partial charge in [0, 0.05) is 0 Å². The predicted octanol–water partition coefficient (Wildman–Crippen LogP) is 3.00. The number of methoxy groups -OCH3 is 1. The Hall–Kier alpha value is -4.04. The first kappa shape index (κ1) is 17.3. The molecule has 8 heteroatoms. The van der Waals surface area contributed by atoms with Gasteiger partial charge < -0.3 is 14.6 Å². The Morgan fingerprint density at radius 3 is 2.44 bits per heavy atom. The van der Waals surface area contributed by atoms with Crippen LogP contribution in [-0.2, 0) is 0 Å². The molecule has 2 aromatic rings. The molecule has 0 saturated heterocycles. The molecule has 2 aromatic carbocycles. The fourth-order valence-corrected chi connectivity index (χ4v) is 1.88. The zero-order valence-corrected chi connectivity index (χ0v) is 13.1. The number of benzene rings is 2. The lowest BCUT2D eigenvalue weighted by atomic mass is 10.1. The third-order valence-corrected chi connectivity index (χ3v) is 3.02. The molecule has 2 rings (SSSR count). The second kappa shape index (κ2) is 7.99. The van der Waals surface area contributed by atoms with Gasteiger partial charge in [-0.1, -0.05) is 12.1 Å². The zero-order valence-electron chi connectivity index (χ0n) is 13.1. The highest BCUT2D eigenvalue weighted by molar-refractivity contribution is 6.10. The summed E-state index contributed by atoms with van der Waals surface area (Å²) in [7, 11) is 1.50. The third-order valence-electron chi connectivity index (χ3n) is 3.02. The first-order valence-electron chi connectivity index (χ1n) is 6.91. The number of hydrazone groups is 1. The summed E-state index contributed by atoms with van der Waals surface area (Å²) < 4.78 is 10.8. The molecule has 0 heterocycles. The molecule has 0 aliphatic carbocycles. The minimum absolute atomic E-state index is 0.114. The molecular weight excluding hydrogens is 324 g/mol. The number of anilines is 1. The van der Waals surface area contributed by atoms with Gasteiger partial charge >= 0.3 is 5.97 Å². The summed E-state index contributed by atoms with van der Waals surface area (Å²) in [4.78, 5) is 11.4. The van der Waals surface area contributed by atoms with Crippen LogP contribution in [-0.4, -0.2) is 23.9 Å².